The van der Waals surface area contributed by atoms with Crippen LogP contribution in [0.15, 0.2) is 12.7 Å². The summed E-state index contributed by atoms with van der Waals surface area (Å²) in [5.41, 5.74) is 0. The van der Waals surface area contributed by atoms with Crippen LogP contribution in [0.25, 0.3) is 0 Å². The van der Waals surface area contributed by atoms with Crippen LogP contribution in [-0.4, -0.2) is 54.8 Å². The zero-order chi connectivity index (χ0) is 14.5. The predicted octanol–water partition coefficient (Wildman–Crippen LogP) is 0.289. The zero-order valence-electron chi connectivity index (χ0n) is 11.8. The highest BCUT2D eigenvalue weighted by Gasteiger charge is 2.32. The van der Waals surface area contributed by atoms with E-state index in [0.717, 1.165) is 0 Å². The third-order valence-electron chi connectivity index (χ3n) is 2.80. The number of carbonyl (C=O) groups excluding carboxylic acids is 2. The van der Waals surface area contributed by atoms with Gasteiger partial charge in [-0.3, -0.25) is 9.59 Å². The van der Waals surface area contributed by atoms with Crippen LogP contribution in [0.2, 0.25) is 0 Å². The Morgan fingerprint density at radius 2 is 2.21 bits per heavy atom. The van der Waals surface area contributed by atoms with E-state index in [1.54, 1.807) is 0 Å². The van der Waals surface area contributed by atoms with Gasteiger partial charge in [-0.05, 0) is 26.8 Å². The smallest absolute Gasteiger partial charge is 0.246 e. The van der Waals surface area contributed by atoms with Crippen molar-refractivity contribution in [2.24, 2.45) is 0 Å². The van der Waals surface area contributed by atoms with Crippen molar-refractivity contribution in [2.45, 2.75) is 32.7 Å². The Morgan fingerprint density at radius 1 is 1.53 bits per heavy atom. The average Bonchev–Trinajstić information content (AvgIpc) is 2.72. The van der Waals surface area contributed by atoms with Gasteiger partial charge in [-0.15, -0.1) is 0 Å². The molecule has 0 spiro atoms. The van der Waals surface area contributed by atoms with Crippen LogP contribution in [0.4, 0.5) is 0 Å². The Labute approximate surface area is 113 Å². The first-order valence-electron chi connectivity index (χ1n) is 6.37. The number of hydrogen-bond donors (Lipinski definition) is 1. The van der Waals surface area contributed by atoms with Crippen molar-refractivity contribution < 1.29 is 19.1 Å². The summed E-state index contributed by atoms with van der Waals surface area (Å²) in [5.74, 6) is -1.06. The van der Waals surface area contributed by atoms with Gasteiger partial charge in [0.2, 0.25) is 11.8 Å². The Morgan fingerprint density at radius 3 is 2.68 bits per heavy atom. The second-order valence-electron chi connectivity index (χ2n) is 4.81. The van der Waals surface area contributed by atoms with Gasteiger partial charge in [0.25, 0.3) is 0 Å². The van der Waals surface area contributed by atoms with Crippen molar-refractivity contribution in [2.75, 3.05) is 26.2 Å². The predicted molar refractivity (Wildman–Crippen MR) is 70.4 cm³/mol. The number of carbonyl (C=O) groups is 2. The van der Waals surface area contributed by atoms with Gasteiger partial charge in [0, 0.05) is 13.1 Å². The molecule has 2 amide bonds. The molecule has 108 valence electrons. The molecule has 1 aliphatic rings. The lowest BCUT2D eigenvalue weighted by atomic mass is 10.3. The lowest BCUT2D eigenvalue weighted by molar-refractivity contribution is -0.140. The van der Waals surface area contributed by atoms with Crippen LogP contribution >= 0.6 is 0 Å². The minimum Gasteiger partial charge on any atom is -0.352 e. The van der Waals surface area contributed by atoms with Crippen LogP contribution in [0, 0.1) is 0 Å². The molecule has 6 heteroatoms. The summed E-state index contributed by atoms with van der Waals surface area (Å²) in [6, 6.07) is 0. The van der Waals surface area contributed by atoms with E-state index in [2.05, 4.69) is 11.9 Å². The van der Waals surface area contributed by atoms with Crippen LogP contribution < -0.4 is 5.32 Å². The zero-order valence-corrected chi connectivity index (χ0v) is 11.8. The molecule has 0 saturated carbocycles. The van der Waals surface area contributed by atoms with Gasteiger partial charge in [0.1, 0.15) is 6.10 Å². The minimum atomic E-state index is -0.594. The molecule has 1 heterocycles. The van der Waals surface area contributed by atoms with Crippen molar-refractivity contribution in [3.8, 4) is 0 Å². The fourth-order valence-electron chi connectivity index (χ4n) is 1.80. The quantitative estimate of drug-likeness (QED) is 0.704. The molecule has 1 fully saturated rings. The first-order valence-corrected chi connectivity index (χ1v) is 6.37. The monoisotopic (exact) mass is 270 g/mol. The van der Waals surface area contributed by atoms with Gasteiger partial charge < -0.3 is 19.7 Å². The number of rotatable bonds is 6. The normalized spacial score (nSPS) is 20.9. The van der Waals surface area contributed by atoms with Crippen molar-refractivity contribution in [3.05, 3.63) is 12.7 Å². The van der Waals surface area contributed by atoms with Crippen LogP contribution in [0.5, 0.6) is 0 Å². The maximum atomic E-state index is 11.7. The molecule has 1 unspecified atom stereocenters. The minimum absolute atomic E-state index is 0.0261. The highest BCUT2D eigenvalue weighted by Crippen LogP contribution is 2.21. The van der Waals surface area contributed by atoms with Gasteiger partial charge in [-0.2, -0.15) is 0 Å². The lowest BCUT2D eigenvalue weighted by Gasteiger charge is -2.20. The van der Waals surface area contributed by atoms with Gasteiger partial charge in [0.15, 0.2) is 5.79 Å². The fraction of sp³-hybridized carbons (Fsp3) is 0.692. The SMILES string of the molecule is C=CC(=O)N(CC)CC(=O)NCC1COC(C)(C)O1. The Hall–Kier alpha value is -1.40. The molecule has 1 saturated heterocycles. The van der Waals surface area contributed by atoms with Crippen LogP contribution in [0.3, 0.4) is 0 Å². The maximum Gasteiger partial charge on any atom is 0.246 e. The van der Waals surface area contributed by atoms with E-state index in [1.807, 2.05) is 20.8 Å². The molecule has 0 aliphatic carbocycles. The van der Waals surface area contributed by atoms with Gasteiger partial charge in [-0.1, -0.05) is 6.58 Å². The molecule has 1 rings (SSSR count). The van der Waals surface area contributed by atoms with E-state index >= 15 is 0 Å². The average molecular weight is 270 g/mol. The van der Waals surface area contributed by atoms with E-state index in [-0.39, 0.29) is 24.5 Å². The molecule has 0 aromatic carbocycles. The molecule has 0 radical (unpaired) electrons. The molecule has 0 aromatic rings. The molecule has 1 atom stereocenters. The molecule has 19 heavy (non-hydrogen) atoms. The van der Waals surface area contributed by atoms with Crippen molar-refractivity contribution in [1.82, 2.24) is 10.2 Å². The third-order valence-corrected chi connectivity index (χ3v) is 2.80. The van der Waals surface area contributed by atoms with Crippen LogP contribution in [-0.2, 0) is 19.1 Å². The second kappa shape index (κ2) is 6.68. The summed E-state index contributed by atoms with van der Waals surface area (Å²) in [4.78, 5) is 24.5. The molecule has 6 nitrogen and oxygen atoms in total. The van der Waals surface area contributed by atoms with E-state index in [0.29, 0.717) is 19.7 Å². The van der Waals surface area contributed by atoms with E-state index < -0.39 is 5.79 Å². The summed E-state index contributed by atoms with van der Waals surface area (Å²) in [6.45, 7) is 10.2. The van der Waals surface area contributed by atoms with Gasteiger partial charge in [0.05, 0.1) is 13.2 Å². The molecule has 1 N–H and O–H groups in total. The first-order chi connectivity index (χ1) is 8.88. The Bertz CT molecular complexity index is 355. The first kappa shape index (κ1) is 15.7. The number of nitrogens with zero attached hydrogens (tertiary/aromatic N) is 1. The molecule has 0 bridgehead atoms. The highest BCUT2D eigenvalue weighted by atomic mass is 16.7. The second-order valence-corrected chi connectivity index (χ2v) is 4.81. The molecular weight excluding hydrogens is 248 g/mol. The van der Waals surface area contributed by atoms with Crippen molar-refractivity contribution in [3.63, 3.8) is 0 Å². The van der Waals surface area contributed by atoms with Gasteiger partial charge in [-0.25, -0.2) is 0 Å². The summed E-state index contributed by atoms with van der Waals surface area (Å²) < 4.78 is 11.0. The van der Waals surface area contributed by atoms with Crippen LogP contribution in [0.1, 0.15) is 20.8 Å². The summed E-state index contributed by atoms with van der Waals surface area (Å²) in [6.07, 6.45) is 1.05. The lowest BCUT2D eigenvalue weighted by Crippen LogP contribution is -2.42. The molecule has 0 aromatic heterocycles. The highest BCUT2D eigenvalue weighted by molar-refractivity contribution is 5.90. The third kappa shape index (κ3) is 5.00. The maximum absolute atomic E-state index is 11.7. The number of hydrogen-bond acceptors (Lipinski definition) is 4. The molecule has 1 aliphatic heterocycles. The topological polar surface area (TPSA) is 67.9 Å². The van der Waals surface area contributed by atoms with E-state index in [9.17, 15) is 9.59 Å². The largest absolute Gasteiger partial charge is 0.352 e. The summed E-state index contributed by atoms with van der Waals surface area (Å²) >= 11 is 0. The number of likely N-dealkylation sites (N-methyl/N-ethyl adjacent to an activating group) is 1. The van der Waals surface area contributed by atoms with Crippen molar-refractivity contribution in [1.29, 1.82) is 0 Å². The fourth-order valence-corrected chi connectivity index (χ4v) is 1.80. The Kier molecular flexibility index (Phi) is 5.50. The summed E-state index contributed by atoms with van der Waals surface area (Å²) in [5, 5.41) is 2.73. The number of ether oxygens (including phenoxy) is 2. The number of amides is 2. The Balaban J connectivity index is 2.32. The van der Waals surface area contributed by atoms with E-state index in [4.69, 9.17) is 9.47 Å². The van der Waals surface area contributed by atoms with Crippen molar-refractivity contribution >= 4 is 11.8 Å². The number of nitrogens with one attached hydrogen (secondary N) is 1. The van der Waals surface area contributed by atoms with E-state index in [1.165, 1.54) is 11.0 Å². The van der Waals surface area contributed by atoms with Gasteiger partial charge >= 0.3 is 0 Å². The summed E-state index contributed by atoms with van der Waals surface area (Å²) in [7, 11) is 0. The molecular formula is C13H22N2O4. The standard InChI is InChI=1S/C13H22N2O4/c1-5-12(17)15(6-2)8-11(16)14-7-10-9-18-13(3,4)19-10/h5,10H,1,6-9H2,2-4H3,(H,14,16).